The van der Waals surface area contributed by atoms with Crippen molar-refractivity contribution >= 4 is 16.8 Å². The van der Waals surface area contributed by atoms with Crippen molar-refractivity contribution in [2.45, 2.75) is 50.7 Å². The molecule has 8 heteroatoms. The number of Topliss-reactive ketones (excluding diaryl/α,β-unsaturated/α-hetero) is 1. The van der Waals surface area contributed by atoms with E-state index >= 15 is 0 Å². The van der Waals surface area contributed by atoms with E-state index < -0.39 is 32.8 Å². The summed E-state index contributed by atoms with van der Waals surface area (Å²) in [4.78, 5) is 12.7. The van der Waals surface area contributed by atoms with Gasteiger partial charge in [-0.25, -0.2) is 13.0 Å². The molecule has 2 N–H and O–H groups in total. The molecule has 142 valence electrons. The summed E-state index contributed by atoms with van der Waals surface area (Å²) in [5.74, 6) is -1.77. The third kappa shape index (κ3) is 4.24. The molecule has 2 rings (SSSR count). The predicted octanol–water partition coefficient (Wildman–Crippen LogP) is 3.58. The Labute approximate surface area is 153 Å². The summed E-state index contributed by atoms with van der Waals surface area (Å²) in [5, 5.41) is 9.26. The standard InChI is InChI=1S/C18H22F2N2O3S/c1-11-13(9-25-22-11)16(23)8-18(4,10-17(2,3)26(21)24)14-6-5-12(19)7-15(14)20/h5-7,9H,8,10,21H2,1-4H3/t18-,26?/m0/s1. The lowest BCUT2D eigenvalue weighted by Crippen LogP contribution is -2.41. The predicted molar refractivity (Wildman–Crippen MR) is 94.9 cm³/mol. The maximum Gasteiger partial charge on any atom is 0.168 e. The maximum absolute atomic E-state index is 14.5. The van der Waals surface area contributed by atoms with E-state index in [9.17, 15) is 17.8 Å². The second kappa shape index (κ2) is 7.36. The number of ketones is 1. The van der Waals surface area contributed by atoms with E-state index in [1.165, 1.54) is 12.3 Å². The van der Waals surface area contributed by atoms with Gasteiger partial charge >= 0.3 is 0 Å². The summed E-state index contributed by atoms with van der Waals surface area (Å²) in [6.07, 6.45) is 1.30. The second-order valence-corrected chi connectivity index (χ2v) is 9.03. The van der Waals surface area contributed by atoms with Crippen molar-refractivity contribution in [3.8, 4) is 0 Å². The molecule has 0 saturated heterocycles. The van der Waals surface area contributed by atoms with Crippen molar-refractivity contribution in [3.63, 3.8) is 0 Å². The van der Waals surface area contributed by atoms with Crippen LogP contribution in [0.15, 0.2) is 29.0 Å². The van der Waals surface area contributed by atoms with Crippen LogP contribution in [0.3, 0.4) is 0 Å². The van der Waals surface area contributed by atoms with Gasteiger partial charge in [0.1, 0.15) is 17.9 Å². The van der Waals surface area contributed by atoms with E-state index in [1.807, 2.05) is 0 Å². The number of aryl methyl sites for hydroxylation is 1. The number of nitrogens with two attached hydrogens (primary N) is 1. The molecule has 1 unspecified atom stereocenters. The van der Waals surface area contributed by atoms with Crippen LogP contribution < -0.4 is 5.14 Å². The Balaban J connectivity index is 2.49. The molecule has 1 aromatic carbocycles. The minimum atomic E-state index is -1.70. The highest BCUT2D eigenvalue weighted by Gasteiger charge is 2.40. The number of benzene rings is 1. The van der Waals surface area contributed by atoms with E-state index in [1.54, 1.807) is 27.7 Å². The zero-order valence-electron chi connectivity index (χ0n) is 15.1. The first-order valence-corrected chi connectivity index (χ1v) is 9.23. The first-order valence-electron chi connectivity index (χ1n) is 8.02. The number of carbonyl (C=O) groups is 1. The van der Waals surface area contributed by atoms with Gasteiger partial charge < -0.3 is 4.52 Å². The number of aromatic nitrogens is 1. The summed E-state index contributed by atoms with van der Waals surface area (Å²) >= 11 is 0. The van der Waals surface area contributed by atoms with Gasteiger partial charge in [0.25, 0.3) is 0 Å². The van der Waals surface area contributed by atoms with Crippen molar-refractivity contribution in [1.82, 2.24) is 5.16 Å². The topological polar surface area (TPSA) is 86.2 Å². The smallest absolute Gasteiger partial charge is 0.168 e. The van der Waals surface area contributed by atoms with Gasteiger partial charge in [0, 0.05) is 17.9 Å². The quantitative estimate of drug-likeness (QED) is 0.739. The van der Waals surface area contributed by atoms with Crippen LogP contribution in [0.5, 0.6) is 0 Å². The number of hydrogen-bond donors (Lipinski definition) is 1. The Bertz CT molecular complexity index is 851. The molecule has 0 aliphatic rings. The molecule has 5 nitrogen and oxygen atoms in total. The zero-order valence-corrected chi connectivity index (χ0v) is 16.0. The summed E-state index contributed by atoms with van der Waals surface area (Å²) in [5.41, 5.74) is -0.166. The molecule has 2 aromatic rings. The Morgan fingerprint density at radius 2 is 1.96 bits per heavy atom. The monoisotopic (exact) mass is 384 g/mol. The van der Waals surface area contributed by atoms with Gasteiger partial charge in [-0.3, -0.25) is 9.93 Å². The van der Waals surface area contributed by atoms with Crippen molar-refractivity contribution in [3.05, 3.63) is 52.9 Å². The Morgan fingerprint density at radius 1 is 1.31 bits per heavy atom. The molecule has 26 heavy (non-hydrogen) atoms. The molecule has 1 aromatic heterocycles. The van der Waals surface area contributed by atoms with Crippen LogP contribution in [0.25, 0.3) is 0 Å². The second-order valence-electron chi connectivity index (χ2n) is 7.33. The Kier molecular flexibility index (Phi) is 5.77. The third-order valence-electron chi connectivity index (χ3n) is 4.54. The largest absolute Gasteiger partial charge is 0.364 e. The number of halogens is 2. The maximum atomic E-state index is 14.5. The summed E-state index contributed by atoms with van der Waals surface area (Å²) in [6.45, 7) is 6.67. The first-order chi connectivity index (χ1) is 12.0. The van der Waals surface area contributed by atoms with Crippen LogP contribution in [0, 0.1) is 18.6 Å². The van der Waals surface area contributed by atoms with Crippen LogP contribution >= 0.6 is 0 Å². The molecule has 2 atom stereocenters. The van der Waals surface area contributed by atoms with E-state index in [0.29, 0.717) is 11.3 Å². The van der Waals surface area contributed by atoms with Crippen molar-refractivity contribution < 1.29 is 22.3 Å². The number of nitrogens with zero attached hydrogens (tertiary/aromatic N) is 1. The van der Waals surface area contributed by atoms with Gasteiger partial charge in [-0.2, -0.15) is 0 Å². The highest BCUT2D eigenvalue weighted by Crippen LogP contribution is 2.40. The molecule has 1 heterocycles. The SMILES string of the molecule is Cc1nocc1C(=O)C[C@@](C)(CC(C)(C)S(N)=O)c1ccc(F)cc1F. The van der Waals surface area contributed by atoms with Gasteiger partial charge in [0.05, 0.1) is 27.0 Å². The summed E-state index contributed by atoms with van der Waals surface area (Å²) in [6, 6.07) is 3.22. The van der Waals surface area contributed by atoms with Gasteiger partial charge in [0.15, 0.2) is 5.78 Å². The molecule has 0 spiro atoms. The lowest BCUT2D eigenvalue weighted by atomic mass is 9.71. The zero-order chi connectivity index (χ0) is 19.7. The van der Waals surface area contributed by atoms with E-state index in [4.69, 9.17) is 9.66 Å². The normalized spacial score (nSPS) is 15.5. The summed E-state index contributed by atoms with van der Waals surface area (Å²) in [7, 11) is -1.70. The van der Waals surface area contributed by atoms with Crippen LogP contribution in [0.4, 0.5) is 8.78 Å². The molecule has 0 saturated carbocycles. The highest BCUT2D eigenvalue weighted by atomic mass is 32.2. The third-order valence-corrected chi connectivity index (χ3v) is 5.78. The van der Waals surface area contributed by atoms with E-state index in [-0.39, 0.29) is 24.2 Å². The molecule has 0 aliphatic heterocycles. The van der Waals surface area contributed by atoms with Gasteiger partial charge in [0.2, 0.25) is 0 Å². The van der Waals surface area contributed by atoms with Crippen LogP contribution in [0.2, 0.25) is 0 Å². The fourth-order valence-corrected chi connectivity index (χ4v) is 3.71. The molecular formula is C18H22F2N2O3S. The number of rotatable bonds is 7. The van der Waals surface area contributed by atoms with Crippen molar-refractivity contribution in [2.75, 3.05) is 0 Å². The minimum Gasteiger partial charge on any atom is -0.364 e. The fraction of sp³-hybridized carbons (Fsp3) is 0.444. The highest BCUT2D eigenvalue weighted by molar-refractivity contribution is 7.84. The Hall–Kier alpha value is -1.93. The van der Waals surface area contributed by atoms with Crippen LogP contribution in [-0.4, -0.2) is 19.9 Å². The van der Waals surface area contributed by atoms with E-state index in [0.717, 1.165) is 12.1 Å². The molecule has 0 amide bonds. The van der Waals surface area contributed by atoms with E-state index in [2.05, 4.69) is 5.16 Å². The van der Waals surface area contributed by atoms with Crippen LogP contribution in [-0.2, 0) is 16.4 Å². The average molecular weight is 384 g/mol. The van der Waals surface area contributed by atoms with Gasteiger partial charge in [-0.15, -0.1) is 0 Å². The Morgan fingerprint density at radius 3 is 2.46 bits per heavy atom. The van der Waals surface area contributed by atoms with Crippen molar-refractivity contribution in [2.24, 2.45) is 5.14 Å². The fourth-order valence-electron chi connectivity index (χ4n) is 3.25. The van der Waals surface area contributed by atoms with Gasteiger partial charge in [-0.1, -0.05) is 18.1 Å². The average Bonchev–Trinajstić information content (AvgIpc) is 2.92. The number of carbonyl (C=O) groups excluding carboxylic acids is 1. The lowest BCUT2D eigenvalue weighted by Gasteiger charge is -2.36. The molecular weight excluding hydrogens is 362 g/mol. The molecule has 0 fully saturated rings. The number of hydrogen-bond acceptors (Lipinski definition) is 4. The lowest BCUT2D eigenvalue weighted by molar-refractivity contribution is 0.0945. The van der Waals surface area contributed by atoms with Crippen molar-refractivity contribution in [1.29, 1.82) is 0 Å². The molecule has 0 aliphatic carbocycles. The molecule has 0 bridgehead atoms. The molecule has 0 radical (unpaired) electrons. The van der Waals surface area contributed by atoms with Crippen LogP contribution in [0.1, 0.15) is 55.2 Å². The first kappa shape index (κ1) is 20.4. The summed E-state index contributed by atoms with van der Waals surface area (Å²) < 4.78 is 43.7. The van der Waals surface area contributed by atoms with Gasteiger partial charge in [-0.05, 0) is 38.8 Å². The minimum absolute atomic E-state index is 0.0990.